The number of amides is 1. The third-order valence-electron chi connectivity index (χ3n) is 3.98. The van der Waals surface area contributed by atoms with E-state index < -0.39 is 0 Å². The van der Waals surface area contributed by atoms with Crippen molar-refractivity contribution in [2.75, 3.05) is 11.1 Å². The molecule has 0 aliphatic heterocycles. The summed E-state index contributed by atoms with van der Waals surface area (Å²) in [5, 5.41) is 13.3. The molecule has 2 aromatic carbocycles. The first-order valence-corrected chi connectivity index (χ1v) is 10.0. The summed E-state index contributed by atoms with van der Waals surface area (Å²) in [4.78, 5) is 29.7. The summed E-state index contributed by atoms with van der Waals surface area (Å²) in [5.41, 5.74) is 1.20. The molecule has 28 heavy (non-hydrogen) atoms. The second-order valence-corrected chi connectivity index (χ2v) is 7.39. The lowest BCUT2D eigenvalue weighted by Crippen LogP contribution is -2.24. The van der Waals surface area contributed by atoms with E-state index in [4.69, 9.17) is 16.9 Å². The number of benzene rings is 2. The number of fused-ring (bicyclic) bond motifs is 1. The van der Waals surface area contributed by atoms with E-state index in [2.05, 4.69) is 10.3 Å². The Kier molecular flexibility index (Phi) is 6.34. The van der Waals surface area contributed by atoms with Gasteiger partial charge in [-0.25, -0.2) is 4.98 Å². The Bertz CT molecular complexity index is 1140. The molecule has 1 amide bonds. The van der Waals surface area contributed by atoms with Crippen LogP contribution < -0.4 is 10.9 Å². The molecule has 0 aliphatic rings. The van der Waals surface area contributed by atoms with E-state index in [1.807, 2.05) is 13.0 Å². The maximum Gasteiger partial charge on any atom is 0.262 e. The molecule has 0 spiro atoms. The highest BCUT2D eigenvalue weighted by atomic mass is 35.5. The lowest BCUT2D eigenvalue weighted by atomic mass is 10.2. The summed E-state index contributed by atoms with van der Waals surface area (Å²) in [7, 11) is 0. The van der Waals surface area contributed by atoms with Gasteiger partial charge in [0.1, 0.15) is 6.07 Å². The summed E-state index contributed by atoms with van der Waals surface area (Å²) in [5.74, 6) is -0.224. The van der Waals surface area contributed by atoms with Crippen LogP contribution in [0.3, 0.4) is 0 Å². The van der Waals surface area contributed by atoms with E-state index in [9.17, 15) is 9.59 Å². The largest absolute Gasteiger partial charge is 0.324 e. The molecular formula is C20H17ClN4O2S. The van der Waals surface area contributed by atoms with Gasteiger partial charge < -0.3 is 5.32 Å². The molecule has 3 rings (SSSR count). The van der Waals surface area contributed by atoms with Crippen LogP contribution in [0.25, 0.3) is 10.9 Å². The van der Waals surface area contributed by atoms with Gasteiger partial charge in [0.15, 0.2) is 5.16 Å². The fourth-order valence-corrected chi connectivity index (χ4v) is 3.70. The minimum absolute atomic E-state index is 0.0575. The minimum atomic E-state index is -0.281. The molecule has 1 heterocycles. The zero-order valence-corrected chi connectivity index (χ0v) is 16.7. The molecule has 0 fully saturated rings. The summed E-state index contributed by atoms with van der Waals surface area (Å²) in [6.07, 6.45) is 0.760. The number of nitrogens with one attached hydrogen (secondary N) is 1. The van der Waals surface area contributed by atoms with Crippen molar-refractivity contribution in [3.05, 3.63) is 63.4 Å². The second-order valence-electron chi connectivity index (χ2n) is 6.01. The number of rotatable bonds is 6. The number of carbonyl (C=O) groups is 1. The molecule has 0 bridgehead atoms. The lowest BCUT2D eigenvalue weighted by Gasteiger charge is -2.12. The molecule has 142 valence electrons. The average molecular weight is 413 g/mol. The van der Waals surface area contributed by atoms with Gasteiger partial charge in [-0.2, -0.15) is 5.26 Å². The highest BCUT2D eigenvalue weighted by molar-refractivity contribution is 7.99. The predicted molar refractivity (Wildman–Crippen MR) is 112 cm³/mol. The molecule has 0 saturated carbocycles. The maximum absolute atomic E-state index is 12.8. The van der Waals surface area contributed by atoms with Gasteiger partial charge in [0.2, 0.25) is 5.91 Å². The zero-order valence-electron chi connectivity index (χ0n) is 15.1. The van der Waals surface area contributed by atoms with E-state index in [0.29, 0.717) is 38.9 Å². The van der Waals surface area contributed by atoms with E-state index in [1.165, 1.54) is 11.8 Å². The van der Waals surface area contributed by atoms with Gasteiger partial charge in [0.25, 0.3) is 5.56 Å². The van der Waals surface area contributed by atoms with Crippen molar-refractivity contribution in [2.45, 2.75) is 25.0 Å². The van der Waals surface area contributed by atoms with Gasteiger partial charge in [-0.05, 0) is 36.8 Å². The number of hydrogen-bond donors (Lipinski definition) is 1. The van der Waals surface area contributed by atoms with Gasteiger partial charge in [0.05, 0.1) is 27.9 Å². The van der Waals surface area contributed by atoms with Crippen molar-refractivity contribution >= 4 is 45.9 Å². The molecule has 8 heteroatoms. The molecule has 1 N–H and O–H groups in total. The van der Waals surface area contributed by atoms with E-state index in [0.717, 1.165) is 6.42 Å². The SMILES string of the molecule is CCCn1c(SCC(=O)Nc2ccccc2C#N)nc2cc(Cl)ccc2c1=O. The lowest BCUT2D eigenvalue weighted by molar-refractivity contribution is -0.113. The van der Waals surface area contributed by atoms with Crippen molar-refractivity contribution in [3.8, 4) is 6.07 Å². The Morgan fingerprint density at radius 2 is 2.11 bits per heavy atom. The first-order chi connectivity index (χ1) is 13.5. The van der Waals surface area contributed by atoms with Crippen LogP contribution in [0.2, 0.25) is 5.02 Å². The summed E-state index contributed by atoms with van der Waals surface area (Å²) >= 11 is 7.20. The number of anilines is 1. The van der Waals surface area contributed by atoms with Gasteiger partial charge in [-0.15, -0.1) is 0 Å². The zero-order chi connectivity index (χ0) is 20.1. The third kappa shape index (κ3) is 4.35. The summed E-state index contributed by atoms with van der Waals surface area (Å²) < 4.78 is 1.58. The Morgan fingerprint density at radius 1 is 1.32 bits per heavy atom. The van der Waals surface area contributed by atoms with Gasteiger partial charge in [-0.3, -0.25) is 14.2 Å². The number of para-hydroxylation sites is 1. The van der Waals surface area contributed by atoms with Crippen LogP contribution in [-0.2, 0) is 11.3 Å². The summed E-state index contributed by atoms with van der Waals surface area (Å²) in [6.45, 7) is 2.48. The Labute approximate surface area is 171 Å². The van der Waals surface area contributed by atoms with Crippen LogP contribution in [-0.4, -0.2) is 21.2 Å². The smallest absolute Gasteiger partial charge is 0.262 e. The number of carbonyl (C=O) groups excluding carboxylic acids is 1. The fraction of sp³-hybridized carbons (Fsp3) is 0.200. The minimum Gasteiger partial charge on any atom is -0.324 e. The van der Waals surface area contributed by atoms with Crippen LogP contribution in [0, 0.1) is 11.3 Å². The maximum atomic E-state index is 12.8. The molecule has 0 aliphatic carbocycles. The standard InChI is InChI=1S/C20H17ClN4O2S/c1-2-9-25-19(27)15-8-7-14(21)10-17(15)24-20(25)28-12-18(26)23-16-6-4-3-5-13(16)11-22/h3-8,10H,2,9,12H2,1H3,(H,23,26). The van der Waals surface area contributed by atoms with Crippen LogP contribution in [0.15, 0.2) is 52.4 Å². The van der Waals surface area contributed by atoms with E-state index in [-0.39, 0.29) is 17.2 Å². The van der Waals surface area contributed by atoms with Gasteiger partial charge in [0, 0.05) is 11.6 Å². The van der Waals surface area contributed by atoms with Crippen LogP contribution in [0.5, 0.6) is 0 Å². The number of thioether (sulfide) groups is 1. The number of hydrogen-bond acceptors (Lipinski definition) is 5. The first-order valence-electron chi connectivity index (χ1n) is 8.65. The summed E-state index contributed by atoms with van der Waals surface area (Å²) in [6, 6.07) is 13.8. The Morgan fingerprint density at radius 3 is 2.86 bits per heavy atom. The Balaban J connectivity index is 1.85. The van der Waals surface area contributed by atoms with Gasteiger partial charge >= 0.3 is 0 Å². The number of nitriles is 1. The first kappa shape index (κ1) is 19.9. The second kappa shape index (κ2) is 8.91. The molecule has 0 atom stereocenters. The van der Waals surface area contributed by atoms with E-state index in [1.54, 1.807) is 47.0 Å². The van der Waals surface area contributed by atoms with E-state index >= 15 is 0 Å². The van der Waals surface area contributed by atoms with Gasteiger partial charge in [-0.1, -0.05) is 42.4 Å². The normalized spacial score (nSPS) is 10.6. The van der Waals surface area contributed by atoms with Crippen molar-refractivity contribution in [3.63, 3.8) is 0 Å². The van der Waals surface area contributed by atoms with Crippen molar-refractivity contribution in [1.29, 1.82) is 5.26 Å². The quantitative estimate of drug-likeness (QED) is 0.487. The van der Waals surface area contributed by atoms with Crippen molar-refractivity contribution in [2.24, 2.45) is 0 Å². The number of aromatic nitrogens is 2. The molecular weight excluding hydrogens is 396 g/mol. The predicted octanol–water partition coefficient (Wildman–Crippen LogP) is 4.06. The molecule has 0 saturated heterocycles. The monoisotopic (exact) mass is 412 g/mol. The van der Waals surface area contributed by atoms with Crippen molar-refractivity contribution < 1.29 is 4.79 Å². The van der Waals surface area contributed by atoms with Crippen LogP contribution in [0.1, 0.15) is 18.9 Å². The topological polar surface area (TPSA) is 87.8 Å². The highest BCUT2D eigenvalue weighted by Gasteiger charge is 2.14. The Hall–Kier alpha value is -2.82. The molecule has 0 radical (unpaired) electrons. The average Bonchev–Trinajstić information content (AvgIpc) is 2.69. The fourth-order valence-electron chi connectivity index (χ4n) is 2.71. The molecule has 0 unspecified atom stereocenters. The van der Waals surface area contributed by atoms with Crippen molar-refractivity contribution in [1.82, 2.24) is 9.55 Å². The van der Waals surface area contributed by atoms with Crippen LogP contribution in [0.4, 0.5) is 5.69 Å². The molecule has 6 nitrogen and oxygen atoms in total. The third-order valence-corrected chi connectivity index (χ3v) is 5.20. The number of halogens is 1. The molecule has 1 aromatic heterocycles. The number of nitrogens with zero attached hydrogens (tertiary/aromatic N) is 3. The molecule has 3 aromatic rings. The van der Waals surface area contributed by atoms with Crippen LogP contribution >= 0.6 is 23.4 Å². The highest BCUT2D eigenvalue weighted by Crippen LogP contribution is 2.21.